The molecule has 0 spiro atoms. The molecular weight excluding hydrogens is 442 g/mol. The Kier molecular flexibility index (Phi) is 7.05. The van der Waals surface area contributed by atoms with Crippen LogP contribution < -0.4 is 4.74 Å². The van der Waals surface area contributed by atoms with Crippen LogP contribution in [0.4, 0.5) is 26.3 Å². The molecule has 2 aliphatic carbocycles. The maximum atomic E-state index is 15.0. The molecule has 2 aromatic rings. The summed E-state index contributed by atoms with van der Waals surface area (Å²) in [7, 11) is 0. The summed E-state index contributed by atoms with van der Waals surface area (Å²) in [5.74, 6) is -4.28. The molecule has 0 N–H and O–H groups in total. The molecule has 0 bridgehead atoms. The van der Waals surface area contributed by atoms with Gasteiger partial charge < -0.3 is 4.74 Å². The Morgan fingerprint density at radius 1 is 0.818 bits per heavy atom. The standard InChI is InChI=1S/C26H26F6O/c1-2-3-14-4-5-16-9-17(7-6-15(16)8-14)18-10-20(27)24(21(28)11-18)19-12-22(29)25(23(30)13-19)33-26(31)32/h2-3,10-17,26H,4-9H2,1H3/b3-2+. The molecule has 7 heteroatoms. The fourth-order valence-electron chi connectivity index (χ4n) is 5.69. The van der Waals surface area contributed by atoms with Gasteiger partial charge in [-0.15, -0.1) is 0 Å². The predicted molar refractivity (Wildman–Crippen MR) is 114 cm³/mol. The fourth-order valence-corrected chi connectivity index (χ4v) is 5.69. The third-order valence-corrected chi connectivity index (χ3v) is 7.15. The number of benzene rings is 2. The Hall–Kier alpha value is -2.44. The molecule has 1 nitrogen and oxygen atoms in total. The summed E-state index contributed by atoms with van der Waals surface area (Å²) in [6, 6.07) is 3.65. The molecule has 178 valence electrons. The van der Waals surface area contributed by atoms with Crippen LogP contribution in [0.2, 0.25) is 0 Å². The zero-order valence-electron chi connectivity index (χ0n) is 18.3. The van der Waals surface area contributed by atoms with Gasteiger partial charge in [0.15, 0.2) is 17.4 Å². The van der Waals surface area contributed by atoms with E-state index < -0.39 is 46.8 Å². The largest absolute Gasteiger partial charge is 0.429 e. The maximum absolute atomic E-state index is 15.0. The van der Waals surface area contributed by atoms with Crippen molar-refractivity contribution in [1.82, 2.24) is 0 Å². The van der Waals surface area contributed by atoms with Crippen molar-refractivity contribution in [2.24, 2.45) is 17.8 Å². The quantitative estimate of drug-likeness (QED) is 0.316. The van der Waals surface area contributed by atoms with Crippen LogP contribution in [0.15, 0.2) is 36.4 Å². The third kappa shape index (κ3) is 5.07. The van der Waals surface area contributed by atoms with Gasteiger partial charge in [0, 0.05) is 0 Å². The molecule has 0 saturated heterocycles. The van der Waals surface area contributed by atoms with E-state index in [4.69, 9.17) is 0 Å². The van der Waals surface area contributed by atoms with Crippen molar-refractivity contribution in [2.75, 3.05) is 0 Å². The zero-order chi connectivity index (χ0) is 23.7. The number of hydrogen-bond acceptors (Lipinski definition) is 1. The van der Waals surface area contributed by atoms with Crippen LogP contribution in [0.5, 0.6) is 5.75 Å². The van der Waals surface area contributed by atoms with Gasteiger partial charge in [0.25, 0.3) is 0 Å². The minimum Gasteiger partial charge on any atom is -0.429 e. The summed E-state index contributed by atoms with van der Waals surface area (Å²) < 4.78 is 86.5. The fraction of sp³-hybridized carbons (Fsp3) is 0.462. The first-order chi connectivity index (χ1) is 15.8. The molecule has 2 fully saturated rings. The molecule has 0 amide bonds. The smallest absolute Gasteiger partial charge is 0.387 e. The number of rotatable bonds is 5. The zero-order valence-corrected chi connectivity index (χ0v) is 18.3. The number of alkyl halides is 2. The van der Waals surface area contributed by atoms with Crippen molar-refractivity contribution in [3.05, 3.63) is 65.2 Å². The Morgan fingerprint density at radius 3 is 2.03 bits per heavy atom. The lowest BCUT2D eigenvalue weighted by atomic mass is 9.64. The molecule has 4 rings (SSSR count). The lowest BCUT2D eigenvalue weighted by Crippen LogP contribution is -2.30. The minimum atomic E-state index is -3.43. The Balaban J connectivity index is 1.55. The first kappa shape index (κ1) is 23.7. The SMILES string of the molecule is C/C=C/C1CCC2CC(c3cc(F)c(-c4cc(F)c(OC(F)F)c(F)c4)c(F)c3)CCC2C1. The molecular formula is C26H26F6O. The number of fused-ring (bicyclic) bond motifs is 1. The highest BCUT2D eigenvalue weighted by Gasteiger charge is 2.36. The van der Waals surface area contributed by atoms with E-state index in [-0.39, 0.29) is 5.92 Å². The highest BCUT2D eigenvalue weighted by molar-refractivity contribution is 5.66. The van der Waals surface area contributed by atoms with Crippen LogP contribution in [-0.2, 0) is 0 Å². The molecule has 0 heterocycles. The minimum absolute atomic E-state index is 0.0258. The van der Waals surface area contributed by atoms with E-state index in [9.17, 15) is 26.3 Å². The van der Waals surface area contributed by atoms with Crippen LogP contribution >= 0.6 is 0 Å². The van der Waals surface area contributed by atoms with E-state index in [1.54, 1.807) is 0 Å². The van der Waals surface area contributed by atoms with Crippen molar-refractivity contribution >= 4 is 0 Å². The summed E-state index contributed by atoms with van der Waals surface area (Å²) in [5.41, 5.74) is -0.471. The average Bonchev–Trinajstić information content (AvgIpc) is 2.75. The van der Waals surface area contributed by atoms with E-state index in [1.807, 2.05) is 6.92 Å². The van der Waals surface area contributed by atoms with Gasteiger partial charge in [0.2, 0.25) is 0 Å². The molecule has 2 saturated carbocycles. The van der Waals surface area contributed by atoms with E-state index >= 15 is 0 Å². The van der Waals surface area contributed by atoms with Crippen molar-refractivity contribution in [3.63, 3.8) is 0 Å². The van der Waals surface area contributed by atoms with Gasteiger partial charge in [-0.25, -0.2) is 17.6 Å². The summed E-state index contributed by atoms with van der Waals surface area (Å²) in [5, 5.41) is 0. The number of hydrogen-bond donors (Lipinski definition) is 0. The summed E-state index contributed by atoms with van der Waals surface area (Å²) in [4.78, 5) is 0. The van der Waals surface area contributed by atoms with Crippen molar-refractivity contribution < 1.29 is 31.1 Å². The van der Waals surface area contributed by atoms with Crippen LogP contribution in [0, 0.1) is 41.0 Å². The lowest BCUT2D eigenvalue weighted by Gasteiger charge is -2.42. The summed E-state index contributed by atoms with van der Waals surface area (Å²) in [6.07, 6.45) is 10.5. The van der Waals surface area contributed by atoms with Gasteiger partial charge in [-0.3, -0.25) is 0 Å². The second-order valence-corrected chi connectivity index (χ2v) is 9.14. The average molecular weight is 468 g/mol. The van der Waals surface area contributed by atoms with Gasteiger partial charge >= 0.3 is 6.61 Å². The van der Waals surface area contributed by atoms with Crippen LogP contribution in [0.3, 0.4) is 0 Å². The lowest BCUT2D eigenvalue weighted by molar-refractivity contribution is -0.0546. The predicted octanol–water partition coefficient (Wildman–Crippen LogP) is 8.39. The van der Waals surface area contributed by atoms with Crippen molar-refractivity contribution in [2.45, 2.75) is 58.0 Å². The highest BCUT2D eigenvalue weighted by Crippen LogP contribution is 2.48. The van der Waals surface area contributed by atoms with Gasteiger partial charge in [0.1, 0.15) is 11.6 Å². The molecule has 0 aromatic heterocycles. The first-order valence-electron chi connectivity index (χ1n) is 11.3. The van der Waals surface area contributed by atoms with Crippen molar-refractivity contribution in [3.8, 4) is 16.9 Å². The second kappa shape index (κ2) is 9.82. The van der Waals surface area contributed by atoms with E-state index in [1.165, 1.54) is 12.1 Å². The molecule has 2 aliphatic rings. The van der Waals surface area contributed by atoms with Gasteiger partial charge in [-0.05, 0) is 105 Å². The number of allylic oxidation sites excluding steroid dienone is 2. The molecule has 0 radical (unpaired) electrons. The van der Waals surface area contributed by atoms with Crippen LogP contribution in [0.1, 0.15) is 56.9 Å². The van der Waals surface area contributed by atoms with E-state index in [0.29, 0.717) is 35.4 Å². The van der Waals surface area contributed by atoms with Gasteiger partial charge in [-0.2, -0.15) is 8.78 Å². The Morgan fingerprint density at radius 2 is 1.42 bits per heavy atom. The first-order valence-corrected chi connectivity index (χ1v) is 11.3. The normalized spacial score (nSPS) is 25.5. The van der Waals surface area contributed by atoms with Crippen LogP contribution in [0.25, 0.3) is 11.1 Å². The number of ether oxygens (including phenoxy) is 1. The Labute approximate surface area is 189 Å². The van der Waals surface area contributed by atoms with Gasteiger partial charge in [0.05, 0.1) is 5.56 Å². The summed E-state index contributed by atoms with van der Waals surface area (Å²) >= 11 is 0. The third-order valence-electron chi connectivity index (χ3n) is 7.15. The molecule has 4 atom stereocenters. The molecule has 0 aliphatic heterocycles. The second-order valence-electron chi connectivity index (χ2n) is 9.14. The van der Waals surface area contributed by atoms with E-state index in [0.717, 1.165) is 38.5 Å². The number of halogens is 6. The molecule has 33 heavy (non-hydrogen) atoms. The highest BCUT2D eigenvalue weighted by atomic mass is 19.3. The van der Waals surface area contributed by atoms with E-state index in [2.05, 4.69) is 16.9 Å². The molecule has 4 unspecified atom stereocenters. The van der Waals surface area contributed by atoms with Gasteiger partial charge in [-0.1, -0.05) is 12.2 Å². The Bertz CT molecular complexity index is 987. The maximum Gasteiger partial charge on any atom is 0.387 e. The monoisotopic (exact) mass is 468 g/mol. The topological polar surface area (TPSA) is 9.23 Å². The van der Waals surface area contributed by atoms with Crippen molar-refractivity contribution in [1.29, 1.82) is 0 Å². The molecule has 2 aromatic carbocycles. The summed E-state index contributed by atoms with van der Waals surface area (Å²) in [6.45, 7) is -1.40. The van der Waals surface area contributed by atoms with Crippen LogP contribution in [-0.4, -0.2) is 6.61 Å².